The summed E-state index contributed by atoms with van der Waals surface area (Å²) in [4.78, 5) is 23.3. The van der Waals surface area contributed by atoms with E-state index in [4.69, 9.17) is 5.73 Å². The number of ether oxygens (including phenoxy) is 1. The van der Waals surface area contributed by atoms with Crippen molar-refractivity contribution >= 4 is 11.9 Å². The van der Waals surface area contributed by atoms with Crippen LogP contribution in [0, 0.1) is 11.8 Å². The number of hydrogen-bond donors (Lipinski definition) is 2. The van der Waals surface area contributed by atoms with Gasteiger partial charge in [-0.3, -0.25) is 4.79 Å². The first-order valence-electron chi connectivity index (χ1n) is 6.32. The van der Waals surface area contributed by atoms with Gasteiger partial charge in [0.05, 0.1) is 7.11 Å². The van der Waals surface area contributed by atoms with Crippen molar-refractivity contribution in [3.05, 3.63) is 0 Å². The molecule has 0 rings (SSSR count). The fourth-order valence-corrected chi connectivity index (χ4v) is 1.90. The van der Waals surface area contributed by atoms with Gasteiger partial charge in [-0.2, -0.15) is 0 Å². The van der Waals surface area contributed by atoms with E-state index in [2.05, 4.69) is 23.9 Å². The highest BCUT2D eigenvalue weighted by Crippen LogP contribution is 2.15. The van der Waals surface area contributed by atoms with E-state index < -0.39 is 11.5 Å². The molecule has 0 unspecified atom stereocenters. The fourth-order valence-electron chi connectivity index (χ4n) is 1.90. The van der Waals surface area contributed by atoms with Crippen LogP contribution in [0.3, 0.4) is 0 Å². The maximum Gasteiger partial charge on any atom is 0.330 e. The molecule has 0 fully saturated rings. The third-order valence-corrected chi connectivity index (χ3v) is 2.76. The van der Waals surface area contributed by atoms with Crippen LogP contribution < -0.4 is 11.1 Å². The van der Waals surface area contributed by atoms with Gasteiger partial charge in [0.1, 0.15) is 5.54 Å². The van der Waals surface area contributed by atoms with Crippen LogP contribution in [-0.2, 0) is 14.3 Å². The molecule has 0 bridgehead atoms. The maximum absolute atomic E-state index is 11.9. The van der Waals surface area contributed by atoms with E-state index in [0.717, 1.165) is 6.42 Å². The van der Waals surface area contributed by atoms with Crippen LogP contribution in [-0.4, -0.2) is 31.1 Å². The van der Waals surface area contributed by atoms with E-state index in [9.17, 15) is 9.59 Å². The zero-order valence-corrected chi connectivity index (χ0v) is 12.1. The summed E-state index contributed by atoms with van der Waals surface area (Å²) in [6.07, 6.45) is 1.25. The van der Waals surface area contributed by atoms with Gasteiger partial charge in [0.25, 0.3) is 0 Å². The summed E-state index contributed by atoms with van der Waals surface area (Å²) in [7, 11) is 1.30. The first-order valence-corrected chi connectivity index (χ1v) is 6.32. The molecule has 0 radical (unpaired) electrons. The first kappa shape index (κ1) is 16.9. The molecule has 3 N–H and O–H groups in total. The Morgan fingerprint density at radius 2 is 1.89 bits per heavy atom. The van der Waals surface area contributed by atoms with Crippen molar-refractivity contribution < 1.29 is 14.3 Å². The van der Waals surface area contributed by atoms with Gasteiger partial charge in [0, 0.05) is 6.42 Å². The van der Waals surface area contributed by atoms with Crippen molar-refractivity contribution in [2.24, 2.45) is 17.6 Å². The molecule has 1 amide bonds. The maximum atomic E-state index is 11.9. The minimum atomic E-state index is -0.997. The molecule has 0 spiro atoms. The lowest BCUT2D eigenvalue weighted by Gasteiger charge is -2.24. The van der Waals surface area contributed by atoms with E-state index in [1.54, 1.807) is 13.8 Å². The highest BCUT2D eigenvalue weighted by molar-refractivity contribution is 5.87. The van der Waals surface area contributed by atoms with Crippen LogP contribution in [0.25, 0.3) is 0 Å². The van der Waals surface area contributed by atoms with E-state index in [1.807, 2.05) is 0 Å². The number of nitrogens with two attached hydrogens (primary N) is 1. The average Bonchev–Trinajstić information content (AvgIpc) is 2.25. The third-order valence-electron chi connectivity index (χ3n) is 2.76. The topological polar surface area (TPSA) is 81.4 Å². The van der Waals surface area contributed by atoms with Gasteiger partial charge in [0.2, 0.25) is 5.91 Å². The van der Waals surface area contributed by atoms with Gasteiger partial charge in [-0.1, -0.05) is 13.8 Å². The Morgan fingerprint density at radius 3 is 2.28 bits per heavy atom. The number of carbonyl (C=O) groups excluding carboxylic acids is 2. The molecule has 0 aromatic rings. The predicted octanol–water partition coefficient (Wildman–Crippen LogP) is 1.07. The zero-order chi connectivity index (χ0) is 14.3. The molecule has 0 aliphatic rings. The summed E-state index contributed by atoms with van der Waals surface area (Å²) in [5.74, 6) is 0.0314. The summed E-state index contributed by atoms with van der Waals surface area (Å²) < 4.78 is 4.63. The summed E-state index contributed by atoms with van der Waals surface area (Å²) in [6, 6.07) is 0. The standard InChI is InChI=1S/C13H26N2O3/c1-9(2)6-10(8-14)7-11(16)15-13(3,4)12(17)18-5/h9-10H,6-8,14H2,1-5H3,(H,15,16)/t10-/m0/s1. The second kappa shape index (κ2) is 7.36. The van der Waals surface area contributed by atoms with E-state index in [0.29, 0.717) is 18.9 Å². The van der Waals surface area contributed by atoms with Crippen LogP contribution in [0.1, 0.15) is 40.5 Å². The van der Waals surface area contributed by atoms with Crippen molar-refractivity contribution in [2.75, 3.05) is 13.7 Å². The first-order chi connectivity index (χ1) is 8.22. The minimum absolute atomic E-state index is 0.151. The Hall–Kier alpha value is -1.10. The van der Waals surface area contributed by atoms with Crippen molar-refractivity contribution in [3.63, 3.8) is 0 Å². The lowest BCUT2D eigenvalue weighted by atomic mass is 9.93. The highest BCUT2D eigenvalue weighted by Gasteiger charge is 2.30. The lowest BCUT2D eigenvalue weighted by molar-refractivity contribution is -0.149. The smallest absolute Gasteiger partial charge is 0.330 e. The van der Waals surface area contributed by atoms with Crippen molar-refractivity contribution in [1.29, 1.82) is 0 Å². The zero-order valence-electron chi connectivity index (χ0n) is 12.1. The number of amides is 1. The monoisotopic (exact) mass is 258 g/mol. The van der Waals surface area contributed by atoms with Crippen LogP contribution in [0.4, 0.5) is 0 Å². The third kappa shape index (κ3) is 6.00. The van der Waals surface area contributed by atoms with Gasteiger partial charge < -0.3 is 15.8 Å². The van der Waals surface area contributed by atoms with Gasteiger partial charge in [-0.15, -0.1) is 0 Å². The quantitative estimate of drug-likeness (QED) is 0.669. The molecule has 18 heavy (non-hydrogen) atoms. The molecule has 0 aliphatic heterocycles. The average molecular weight is 258 g/mol. The van der Waals surface area contributed by atoms with E-state index >= 15 is 0 Å². The Morgan fingerprint density at radius 1 is 1.33 bits per heavy atom. The second-order valence-electron chi connectivity index (χ2n) is 5.60. The molecule has 0 saturated heterocycles. The Bertz CT molecular complexity index is 288. The summed E-state index contributed by atoms with van der Waals surface area (Å²) in [5.41, 5.74) is 4.65. The number of esters is 1. The Labute approximate surface area is 109 Å². The van der Waals surface area contributed by atoms with Crippen LogP contribution in [0.5, 0.6) is 0 Å². The Balaban J connectivity index is 4.36. The molecule has 0 aromatic carbocycles. The molecule has 106 valence electrons. The SMILES string of the molecule is COC(=O)C(C)(C)NC(=O)C[C@@H](CN)CC(C)C. The van der Waals surface area contributed by atoms with Gasteiger partial charge in [-0.05, 0) is 38.6 Å². The number of carbonyl (C=O) groups is 2. The number of hydrogen-bond acceptors (Lipinski definition) is 4. The van der Waals surface area contributed by atoms with Crippen molar-refractivity contribution in [2.45, 2.75) is 46.1 Å². The minimum Gasteiger partial charge on any atom is -0.467 e. The normalized spacial score (nSPS) is 13.3. The second-order valence-corrected chi connectivity index (χ2v) is 5.60. The van der Waals surface area contributed by atoms with Crippen LogP contribution >= 0.6 is 0 Å². The van der Waals surface area contributed by atoms with Gasteiger partial charge >= 0.3 is 5.97 Å². The Kier molecular flexibility index (Phi) is 6.91. The van der Waals surface area contributed by atoms with E-state index in [-0.39, 0.29) is 11.8 Å². The molecule has 5 heteroatoms. The largest absolute Gasteiger partial charge is 0.467 e. The highest BCUT2D eigenvalue weighted by atomic mass is 16.5. The number of rotatable bonds is 7. The molecular weight excluding hydrogens is 232 g/mol. The summed E-state index contributed by atoms with van der Waals surface area (Å²) in [5, 5.41) is 2.68. The van der Waals surface area contributed by atoms with Crippen LogP contribution in [0.2, 0.25) is 0 Å². The fraction of sp³-hybridized carbons (Fsp3) is 0.846. The van der Waals surface area contributed by atoms with Crippen molar-refractivity contribution in [1.82, 2.24) is 5.32 Å². The van der Waals surface area contributed by atoms with Crippen LogP contribution in [0.15, 0.2) is 0 Å². The number of methoxy groups -OCH3 is 1. The van der Waals surface area contributed by atoms with Gasteiger partial charge in [0.15, 0.2) is 0 Å². The molecule has 0 aromatic heterocycles. The molecule has 0 aliphatic carbocycles. The van der Waals surface area contributed by atoms with Gasteiger partial charge in [-0.25, -0.2) is 4.79 Å². The molecule has 5 nitrogen and oxygen atoms in total. The molecular formula is C13H26N2O3. The van der Waals surface area contributed by atoms with E-state index in [1.165, 1.54) is 7.11 Å². The predicted molar refractivity (Wildman–Crippen MR) is 70.9 cm³/mol. The molecule has 0 heterocycles. The summed E-state index contributed by atoms with van der Waals surface area (Å²) >= 11 is 0. The lowest BCUT2D eigenvalue weighted by Crippen LogP contribution is -2.50. The number of nitrogens with one attached hydrogen (secondary N) is 1. The van der Waals surface area contributed by atoms with Crippen molar-refractivity contribution in [3.8, 4) is 0 Å². The molecule has 0 saturated carbocycles. The molecule has 1 atom stereocenters. The summed E-state index contributed by atoms with van der Waals surface area (Å²) in [6.45, 7) is 7.91.